The maximum atomic E-state index is 10.8. The number of nitrogens with zero attached hydrogens (tertiary/aromatic N) is 3. The zero-order chi connectivity index (χ0) is 13.8. The predicted molar refractivity (Wildman–Crippen MR) is 58.7 cm³/mol. The van der Waals surface area contributed by atoms with Crippen LogP contribution in [0.25, 0.3) is 0 Å². The number of aromatic carboxylic acids is 1. The van der Waals surface area contributed by atoms with Crippen LogP contribution in [0.15, 0.2) is 16.9 Å². The molecule has 0 radical (unpaired) electrons. The third-order valence-corrected chi connectivity index (χ3v) is 2.02. The van der Waals surface area contributed by atoms with Crippen molar-refractivity contribution in [2.75, 3.05) is 14.2 Å². The second kappa shape index (κ2) is 5.21. The lowest BCUT2D eigenvalue weighted by molar-refractivity contribution is 0.0683. The van der Waals surface area contributed by atoms with Crippen LogP contribution in [0.2, 0.25) is 0 Å². The van der Waals surface area contributed by atoms with E-state index in [1.807, 2.05) is 0 Å². The van der Waals surface area contributed by atoms with Crippen molar-refractivity contribution >= 4 is 5.97 Å². The molecule has 1 N–H and O–H groups in total. The molecule has 0 bridgehead atoms. The number of hydrogen-bond acceptors (Lipinski definition) is 8. The minimum absolute atomic E-state index is 0.122. The molecule has 0 aromatic carbocycles. The third-order valence-electron chi connectivity index (χ3n) is 2.02. The second-order valence-corrected chi connectivity index (χ2v) is 3.17. The molecule has 0 aliphatic heterocycles. The van der Waals surface area contributed by atoms with E-state index < -0.39 is 5.97 Å². The molecule has 0 amide bonds. The lowest BCUT2D eigenvalue weighted by Gasteiger charge is -2.06. The van der Waals surface area contributed by atoms with Crippen LogP contribution in [0.1, 0.15) is 10.5 Å². The maximum absolute atomic E-state index is 10.8. The van der Waals surface area contributed by atoms with Crippen LogP contribution >= 0.6 is 0 Å². The van der Waals surface area contributed by atoms with Gasteiger partial charge in [0.25, 0.3) is 0 Å². The first kappa shape index (κ1) is 12.6. The summed E-state index contributed by atoms with van der Waals surface area (Å²) in [5.74, 6) is -1.01. The van der Waals surface area contributed by atoms with Crippen LogP contribution in [0.4, 0.5) is 0 Å². The van der Waals surface area contributed by atoms with E-state index in [2.05, 4.69) is 19.6 Å². The van der Waals surface area contributed by atoms with Gasteiger partial charge in [0.2, 0.25) is 23.2 Å². The van der Waals surface area contributed by atoms with Gasteiger partial charge in [0.05, 0.1) is 20.3 Å². The molecule has 9 nitrogen and oxygen atoms in total. The van der Waals surface area contributed by atoms with E-state index in [-0.39, 0.29) is 29.2 Å². The molecule has 9 heteroatoms. The van der Waals surface area contributed by atoms with Crippen LogP contribution in [-0.2, 0) is 0 Å². The Morgan fingerprint density at radius 1 is 1.26 bits per heavy atom. The number of methoxy groups -OCH3 is 2. The summed E-state index contributed by atoms with van der Waals surface area (Å²) in [4.78, 5) is 18.6. The van der Waals surface area contributed by atoms with E-state index in [9.17, 15) is 4.79 Å². The largest absolute Gasteiger partial charge is 0.481 e. The van der Waals surface area contributed by atoms with Crippen molar-refractivity contribution in [3.63, 3.8) is 0 Å². The first-order valence-corrected chi connectivity index (χ1v) is 4.96. The van der Waals surface area contributed by atoms with E-state index in [1.165, 1.54) is 20.3 Å². The molecule has 2 heterocycles. The number of hydrogen-bond donors (Lipinski definition) is 1. The van der Waals surface area contributed by atoms with Crippen molar-refractivity contribution in [3.05, 3.63) is 18.0 Å². The molecule has 2 rings (SSSR count). The molecule has 0 saturated carbocycles. The quantitative estimate of drug-likeness (QED) is 0.845. The molecule has 2 aromatic rings. The SMILES string of the molecule is COc1cc(OC)nc(Oc2conc2C(=O)O)n1. The Hall–Kier alpha value is -2.84. The fourth-order valence-corrected chi connectivity index (χ4v) is 1.18. The molecule has 0 unspecified atom stereocenters. The average Bonchev–Trinajstić information content (AvgIpc) is 2.86. The fraction of sp³-hybridized carbons (Fsp3) is 0.200. The Bertz CT molecular complexity index is 574. The van der Waals surface area contributed by atoms with E-state index in [1.54, 1.807) is 0 Å². The fourth-order valence-electron chi connectivity index (χ4n) is 1.18. The topological polar surface area (TPSA) is 117 Å². The smallest absolute Gasteiger partial charge is 0.362 e. The number of carboxylic acid groups (broad SMARTS) is 1. The van der Waals surface area contributed by atoms with Gasteiger partial charge in [-0.25, -0.2) is 4.79 Å². The molecule has 0 fully saturated rings. The van der Waals surface area contributed by atoms with Crippen molar-refractivity contribution in [2.24, 2.45) is 0 Å². The first-order valence-electron chi connectivity index (χ1n) is 4.96. The molecule has 100 valence electrons. The summed E-state index contributed by atoms with van der Waals surface area (Å²) in [6.07, 6.45) is 1.03. The molecular formula is C10H9N3O6. The number of carboxylic acids is 1. The first-order chi connectivity index (χ1) is 9.13. The van der Waals surface area contributed by atoms with Gasteiger partial charge in [-0.3, -0.25) is 0 Å². The normalized spacial score (nSPS) is 10.0. The van der Waals surface area contributed by atoms with Crippen molar-refractivity contribution in [2.45, 2.75) is 0 Å². The third kappa shape index (κ3) is 2.70. The van der Waals surface area contributed by atoms with Crippen molar-refractivity contribution in [3.8, 4) is 23.5 Å². The molecule has 2 aromatic heterocycles. The Labute approximate surface area is 106 Å². The predicted octanol–water partition coefficient (Wildman–Crippen LogP) is 0.972. The highest BCUT2D eigenvalue weighted by atomic mass is 16.5. The number of carbonyl (C=O) groups is 1. The lowest BCUT2D eigenvalue weighted by atomic mass is 10.4. The Kier molecular flexibility index (Phi) is 3.46. The Morgan fingerprint density at radius 2 is 1.89 bits per heavy atom. The minimum atomic E-state index is -1.29. The van der Waals surface area contributed by atoms with E-state index in [0.29, 0.717) is 0 Å². The summed E-state index contributed by atoms with van der Waals surface area (Å²) in [6, 6.07) is 1.29. The highest BCUT2D eigenvalue weighted by molar-refractivity contribution is 5.88. The minimum Gasteiger partial charge on any atom is -0.481 e. The Balaban J connectivity index is 2.32. The van der Waals surface area contributed by atoms with Gasteiger partial charge in [-0.1, -0.05) is 5.16 Å². The summed E-state index contributed by atoms with van der Waals surface area (Å²) in [6.45, 7) is 0. The number of aromatic nitrogens is 3. The maximum Gasteiger partial charge on any atom is 0.362 e. The summed E-state index contributed by atoms with van der Waals surface area (Å²) >= 11 is 0. The van der Waals surface area contributed by atoms with E-state index in [4.69, 9.17) is 19.3 Å². The summed E-state index contributed by atoms with van der Waals surface area (Å²) in [5.41, 5.74) is -0.384. The monoisotopic (exact) mass is 267 g/mol. The van der Waals surface area contributed by atoms with Gasteiger partial charge >= 0.3 is 12.0 Å². The van der Waals surface area contributed by atoms with Crippen molar-refractivity contribution in [1.82, 2.24) is 15.1 Å². The van der Waals surface area contributed by atoms with Gasteiger partial charge in [0.1, 0.15) is 0 Å². The van der Waals surface area contributed by atoms with Gasteiger partial charge in [0.15, 0.2) is 6.26 Å². The lowest BCUT2D eigenvalue weighted by Crippen LogP contribution is -2.02. The van der Waals surface area contributed by atoms with Gasteiger partial charge in [-0.2, -0.15) is 9.97 Å². The van der Waals surface area contributed by atoms with Crippen LogP contribution in [0.3, 0.4) is 0 Å². The molecule has 0 saturated heterocycles. The van der Waals surface area contributed by atoms with Crippen LogP contribution in [-0.4, -0.2) is 40.4 Å². The molecule has 0 aliphatic carbocycles. The van der Waals surface area contributed by atoms with Gasteiger partial charge in [-0.15, -0.1) is 0 Å². The standard InChI is InChI=1S/C10H9N3O6/c1-16-6-3-7(17-2)12-10(11-6)19-5-4-18-13-8(5)9(14)15/h3-4H,1-2H3,(H,14,15). The number of rotatable bonds is 5. The molecule has 0 atom stereocenters. The molecular weight excluding hydrogens is 258 g/mol. The molecule has 0 spiro atoms. The zero-order valence-corrected chi connectivity index (χ0v) is 9.98. The zero-order valence-electron chi connectivity index (χ0n) is 9.98. The highest BCUT2D eigenvalue weighted by Gasteiger charge is 2.19. The van der Waals surface area contributed by atoms with Gasteiger partial charge in [-0.05, 0) is 0 Å². The van der Waals surface area contributed by atoms with Gasteiger partial charge < -0.3 is 23.8 Å². The van der Waals surface area contributed by atoms with E-state index >= 15 is 0 Å². The van der Waals surface area contributed by atoms with Crippen LogP contribution in [0, 0.1) is 0 Å². The Morgan fingerprint density at radius 3 is 2.42 bits per heavy atom. The summed E-state index contributed by atoms with van der Waals surface area (Å²) in [7, 11) is 2.82. The second-order valence-electron chi connectivity index (χ2n) is 3.17. The average molecular weight is 267 g/mol. The molecule has 19 heavy (non-hydrogen) atoms. The number of ether oxygens (including phenoxy) is 3. The van der Waals surface area contributed by atoms with Gasteiger partial charge in [0, 0.05) is 0 Å². The van der Waals surface area contributed by atoms with E-state index in [0.717, 1.165) is 6.26 Å². The molecule has 0 aliphatic rings. The summed E-state index contributed by atoms with van der Waals surface area (Å²) in [5, 5.41) is 12.1. The van der Waals surface area contributed by atoms with Crippen molar-refractivity contribution < 1.29 is 28.6 Å². The van der Waals surface area contributed by atoms with Crippen LogP contribution < -0.4 is 14.2 Å². The summed E-state index contributed by atoms with van der Waals surface area (Å²) < 4.78 is 19.6. The van der Waals surface area contributed by atoms with Crippen molar-refractivity contribution in [1.29, 1.82) is 0 Å². The highest BCUT2D eigenvalue weighted by Crippen LogP contribution is 2.25. The van der Waals surface area contributed by atoms with Crippen LogP contribution in [0.5, 0.6) is 23.5 Å².